The number of aromatic nitrogens is 1. The molecule has 0 saturated carbocycles. The van der Waals surface area contributed by atoms with Gasteiger partial charge in [-0.2, -0.15) is 0 Å². The number of benzene rings is 2. The third-order valence-electron chi connectivity index (χ3n) is 5.97. The van der Waals surface area contributed by atoms with Crippen molar-refractivity contribution in [2.24, 2.45) is 0 Å². The summed E-state index contributed by atoms with van der Waals surface area (Å²) in [4.78, 5) is 24.0. The monoisotopic (exact) mass is 504 g/mol. The number of nitrogens with zero attached hydrogens (tertiary/aromatic N) is 1. The van der Waals surface area contributed by atoms with Gasteiger partial charge in [-0.3, -0.25) is 4.79 Å². The van der Waals surface area contributed by atoms with Crippen LogP contribution in [0.15, 0.2) is 54.6 Å². The number of carboxylic acid groups (broad SMARTS) is 1. The largest absolute Gasteiger partial charge is 1.00 e. The standard InChI is InChI=1S/C27H31FN2O5.Na/c1-3-30-23(14-13-21(31)15-22(32)16-24(33)34)25(18-9-11-19(28)12-10-18)17(2)26(30)27(35)29-20-7-5-4-6-8-20;/h4-12,21-22,31-32H,3,13-16H2,1-2H3,(H,29,35)(H,33,34);/q;+1/p-1/t21-,22-;/m1./s1. The van der Waals surface area contributed by atoms with Crippen LogP contribution in [0.3, 0.4) is 0 Å². The zero-order chi connectivity index (χ0) is 25.5. The van der Waals surface area contributed by atoms with Gasteiger partial charge < -0.3 is 30.0 Å². The molecule has 0 bridgehead atoms. The topological polar surface area (TPSA) is 115 Å². The number of hydrogen-bond acceptors (Lipinski definition) is 5. The summed E-state index contributed by atoms with van der Waals surface area (Å²) >= 11 is 0. The number of amides is 1. The van der Waals surface area contributed by atoms with Crippen molar-refractivity contribution >= 4 is 17.6 Å². The summed E-state index contributed by atoms with van der Waals surface area (Å²) in [5.74, 6) is -2.04. The van der Waals surface area contributed by atoms with Crippen molar-refractivity contribution in [3.63, 3.8) is 0 Å². The number of aliphatic hydroxyl groups excluding tert-OH is 2. The molecule has 7 nitrogen and oxygen atoms in total. The first-order valence-corrected chi connectivity index (χ1v) is 11.6. The van der Waals surface area contributed by atoms with Crippen LogP contribution in [0.25, 0.3) is 11.1 Å². The zero-order valence-corrected chi connectivity index (χ0v) is 22.8. The molecule has 0 aliphatic rings. The number of carbonyl (C=O) groups excluding carboxylic acids is 2. The van der Waals surface area contributed by atoms with E-state index in [-0.39, 0.29) is 54.1 Å². The van der Waals surface area contributed by atoms with Gasteiger partial charge in [0, 0.05) is 35.9 Å². The SMILES string of the molecule is CCn1c(CC[C@@H](O)C[C@@H](O)CC(=O)[O-])c(-c2ccc(F)cc2)c(C)c1C(=O)Nc1ccccc1.[Na+]. The van der Waals surface area contributed by atoms with Gasteiger partial charge in [-0.15, -0.1) is 0 Å². The summed E-state index contributed by atoms with van der Waals surface area (Å²) in [6.07, 6.45) is -2.22. The van der Waals surface area contributed by atoms with Gasteiger partial charge in [0.1, 0.15) is 11.5 Å². The van der Waals surface area contributed by atoms with Crippen LogP contribution >= 0.6 is 0 Å². The number of nitrogens with one attached hydrogen (secondary N) is 1. The minimum Gasteiger partial charge on any atom is -0.550 e. The number of carboxylic acids is 1. The number of aliphatic carboxylic acids is 1. The number of rotatable bonds is 11. The molecule has 9 heteroatoms. The number of aliphatic hydroxyl groups is 2. The molecule has 3 N–H and O–H groups in total. The second kappa shape index (κ2) is 13.7. The molecule has 0 spiro atoms. The van der Waals surface area contributed by atoms with Gasteiger partial charge in [-0.05, 0) is 68.5 Å². The van der Waals surface area contributed by atoms with Crippen molar-refractivity contribution in [3.05, 3.63) is 77.4 Å². The summed E-state index contributed by atoms with van der Waals surface area (Å²) in [5.41, 5.74) is 4.18. The first kappa shape index (κ1) is 29.7. The molecule has 3 rings (SSSR count). The average molecular weight is 505 g/mol. The molecular weight excluding hydrogens is 474 g/mol. The molecule has 186 valence electrons. The Morgan fingerprint density at radius 1 is 1.06 bits per heavy atom. The molecule has 0 aliphatic carbocycles. The van der Waals surface area contributed by atoms with Crippen LogP contribution in [0.1, 0.15) is 47.9 Å². The first-order valence-electron chi connectivity index (χ1n) is 11.6. The normalized spacial score (nSPS) is 12.5. The fourth-order valence-corrected chi connectivity index (χ4v) is 4.43. The average Bonchev–Trinajstić information content (AvgIpc) is 3.09. The van der Waals surface area contributed by atoms with Crippen molar-refractivity contribution in [1.29, 1.82) is 0 Å². The molecule has 0 fully saturated rings. The molecule has 36 heavy (non-hydrogen) atoms. The predicted octanol–water partition coefficient (Wildman–Crippen LogP) is 0.0633. The van der Waals surface area contributed by atoms with Crippen LogP contribution in [0, 0.1) is 12.7 Å². The van der Waals surface area contributed by atoms with Gasteiger partial charge >= 0.3 is 29.6 Å². The maximum atomic E-state index is 13.6. The molecule has 0 unspecified atom stereocenters. The van der Waals surface area contributed by atoms with E-state index in [0.29, 0.717) is 24.3 Å². The van der Waals surface area contributed by atoms with Gasteiger partial charge in [0.15, 0.2) is 0 Å². The zero-order valence-electron chi connectivity index (χ0n) is 20.8. The van der Waals surface area contributed by atoms with Gasteiger partial charge in [-0.1, -0.05) is 30.3 Å². The van der Waals surface area contributed by atoms with Gasteiger partial charge in [0.2, 0.25) is 0 Å². The van der Waals surface area contributed by atoms with E-state index in [9.17, 15) is 29.3 Å². The maximum Gasteiger partial charge on any atom is 1.00 e. The minimum atomic E-state index is -1.38. The van der Waals surface area contributed by atoms with Gasteiger partial charge in [0.05, 0.1) is 12.2 Å². The van der Waals surface area contributed by atoms with E-state index in [2.05, 4.69) is 5.32 Å². The number of carbonyl (C=O) groups is 2. The molecule has 2 aromatic carbocycles. The van der Waals surface area contributed by atoms with Crippen LogP contribution in [-0.2, 0) is 17.8 Å². The van der Waals surface area contributed by atoms with Crippen LogP contribution < -0.4 is 40.0 Å². The van der Waals surface area contributed by atoms with Gasteiger partial charge in [-0.25, -0.2) is 4.39 Å². The number of hydrogen-bond donors (Lipinski definition) is 3. The summed E-state index contributed by atoms with van der Waals surface area (Å²) in [6.45, 7) is 4.24. The van der Waals surface area contributed by atoms with E-state index in [1.807, 2.05) is 36.6 Å². The molecule has 1 heterocycles. The molecule has 0 radical (unpaired) electrons. The van der Waals surface area contributed by atoms with Crippen molar-refractivity contribution < 1.29 is 58.9 Å². The van der Waals surface area contributed by atoms with Crippen molar-refractivity contribution in [2.75, 3.05) is 5.32 Å². The van der Waals surface area contributed by atoms with E-state index in [4.69, 9.17) is 0 Å². The smallest absolute Gasteiger partial charge is 0.550 e. The van der Waals surface area contributed by atoms with Crippen LogP contribution in [-0.4, -0.2) is 38.9 Å². The Balaban J connectivity index is 0.00000456. The number of para-hydroxylation sites is 1. The van der Waals surface area contributed by atoms with Crippen LogP contribution in [0.2, 0.25) is 0 Å². The molecule has 0 aliphatic heterocycles. The number of anilines is 1. The van der Waals surface area contributed by atoms with Gasteiger partial charge in [0.25, 0.3) is 5.91 Å². The van der Waals surface area contributed by atoms with E-state index in [1.54, 1.807) is 24.3 Å². The van der Waals surface area contributed by atoms with Crippen molar-refractivity contribution in [1.82, 2.24) is 4.57 Å². The quantitative estimate of drug-likeness (QED) is 0.320. The third kappa shape index (κ3) is 7.51. The predicted molar refractivity (Wildman–Crippen MR) is 129 cm³/mol. The first-order chi connectivity index (χ1) is 16.7. The third-order valence-corrected chi connectivity index (χ3v) is 5.97. The number of halogens is 1. The molecule has 1 amide bonds. The van der Waals surface area contributed by atoms with Crippen molar-refractivity contribution in [3.8, 4) is 11.1 Å². The fourth-order valence-electron chi connectivity index (χ4n) is 4.43. The molecule has 0 saturated heterocycles. The Morgan fingerprint density at radius 3 is 2.28 bits per heavy atom. The summed E-state index contributed by atoms with van der Waals surface area (Å²) in [6, 6.07) is 15.1. The molecular formula is C27H30FN2NaO5. The molecule has 2 atom stereocenters. The summed E-state index contributed by atoms with van der Waals surface area (Å²) in [5, 5.41) is 33.9. The second-order valence-corrected chi connectivity index (χ2v) is 8.52. The molecule has 1 aromatic heterocycles. The maximum absolute atomic E-state index is 13.6. The van der Waals surface area contributed by atoms with Crippen LogP contribution in [0.4, 0.5) is 10.1 Å². The van der Waals surface area contributed by atoms with Crippen molar-refractivity contribution in [2.45, 2.75) is 58.3 Å². The summed E-state index contributed by atoms with van der Waals surface area (Å²) in [7, 11) is 0. The second-order valence-electron chi connectivity index (χ2n) is 8.52. The van der Waals surface area contributed by atoms with E-state index >= 15 is 0 Å². The summed E-state index contributed by atoms with van der Waals surface area (Å²) < 4.78 is 15.5. The Labute approximate surface area is 232 Å². The Morgan fingerprint density at radius 2 is 1.69 bits per heavy atom. The van der Waals surface area contributed by atoms with E-state index < -0.39 is 24.6 Å². The minimum absolute atomic E-state index is 0. The van der Waals surface area contributed by atoms with Crippen LogP contribution in [0.5, 0.6) is 0 Å². The van der Waals surface area contributed by atoms with E-state index in [0.717, 1.165) is 22.4 Å². The Bertz CT molecular complexity index is 1170. The Kier molecular flexibility index (Phi) is 11.3. The Hall–Kier alpha value is -2.49. The molecule has 3 aromatic rings. The van der Waals surface area contributed by atoms with E-state index in [1.165, 1.54) is 12.1 Å². The fraction of sp³-hybridized carbons (Fsp3) is 0.333.